The van der Waals surface area contributed by atoms with Gasteiger partial charge in [0.15, 0.2) is 0 Å². The van der Waals surface area contributed by atoms with Crippen molar-refractivity contribution in [1.82, 2.24) is 5.32 Å². The molecule has 0 aliphatic heterocycles. The Morgan fingerprint density at radius 2 is 1.88 bits per heavy atom. The van der Waals surface area contributed by atoms with Crippen molar-refractivity contribution in [1.29, 1.82) is 0 Å². The Labute approximate surface area is 147 Å². The topological polar surface area (TPSA) is 75.3 Å². The second kappa shape index (κ2) is 7.68. The van der Waals surface area contributed by atoms with Gasteiger partial charge >= 0.3 is 0 Å². The maximum Gasteiger partial charge on any atom is 0.261 e. The molecule has 0 aliphatic carbocycles. The van der Waals surface area contributed by atoms with Crippen molar-refractivity contribution in [3.05, 3.63) is 59.1 Å². The third kappa shape index (κ3) is 4.49. The first-order valence-electron chi connectivity index (χ1n) is 7.51. The highest BCUT2D eigenvalue weighted by atomic mass is 35.5. The molecule has 0 saturated heterocycles. The molecule has 0 radical (unpaired) electrons. The monoisotopic (exact) mass is 366 g/mol. The normalized spacial score (nSPS) is 12.5. The van der Waals surface area contributed by atoms with E-state index in [1.54, 1.807) is 36.4 Å². The molecular weight excluding hydrogens is 348 g/mol. The molecule has 2 aromatic carbocycles. The number of hydrogen-bond donors (Lipinski definition) is 2. The van der Waals surface area contributed by atoms with Gasteiger partial charge in [-0.25, -0.2) is 8.42 Å². The van der Waals surface area contributed by atoms with Gasteiger partial charge in [-0.15, -0.1) is 0 Å². The van der Waals surface area contributed by atoms with Crippen molar-refractivity contribution < 1.29 is 13.2 Å². The molecular formula is C17H19ClN2O3S. The zero-order valence-electron chi connectivity index (χ0n) is 13.4. The molecule has 0 unspecified atom stereocenters. The van der Waals surface area contributed by atoms with Gasteiger partial charge in [-0.1, -0.05) is 36.7 Å². The number of amides is 1. The summed E-state index contributed by atoms with van der Waals surface area (Å²) in [6, 6.07) is 12.4. The second-order valence-electron chi connectivity index (χ2n) is 5.39. The van der Waals surface area contributed by atoms with Gasteiger partial charge < -0.3 is 5.32 Å². The Morgan fingerprint density at radius 3 is 2.54 bits per heavy atom. The van der Waals surface area contributed by atoms with E-state index in [4.69, 9.17) is 11.6 Å². The number of carbonyl (C=O) groups excluding carboxylic acids is 1. The lowest BCUT2D eigenvalue weighted by molar-refractivity contribution is 0.0940. The van der Waals surface area contributed by atoms with Crippen LogP contribution in [0.1, 0.15) is 30.6 Å². The summed E-state index contributed by atoms with van der Waals surface area (Å²) in [6.45, 7) is 3.84. The standard InChI is InChI=1S/C17H19ClN2O3S/c1-3-12(2)19-17(21)15-9-4-5-10-16(15)20-24(22,23)14-8-6-7-13(18)11-14/h4-12,20H,3H2,1-2H3,(H,19,21)/t12-/m1/s1. The number of hydrogen-bond acceptors (Lipinski definition) is 3. The van der Waals surface area contributed by atoms with Crippen LogP contribution in [0.2, 0.25) is 5.02 Å². The van der Waals surface area contributed by atoms with E-state index in [-0.39, 0.29) is 28.1 Å². The molecule has 0 aromatic heterocycles. The summed E-state index contributed by atoms with van der Waals surface area (Å²) >= 11 is 5.85. The lowest BCUT2D eigenvalue weighted by Gasteiger charge is -2.15. The lowest BCUT2D eigenvalue weighted by Crippen LogP contribution is -2.32. The summed E-state index contributed by atoms with van der Waals surface area (Å²) in [5.74, 6) is -0.325. The Hall–Kier alpha value is -2.05. The van der Waals surface area contributed by atoms with Crippen LogP contribution in [0.5, 0.6) is 0 Å². The number of rotatable bonds is 6. The molecule has 5 nitrogen and oxygen atoms in total. The zero-order valence-corrected chi connectivity index (χ0v) is 15.0. The van der Waals surface area contributed by atoms with E-state index in [0.717, 1.165) is 6.42 Å². The molecule has 24 heavy (non-hydrogen) atoms. The SMILES string of the molecule is CC[C@@H](C)NC(=O)c1ccccc1NS(=O)(=O)c1cccc(Cl)c1. The molecule has 2 N–H and O–H groups in total. The van der Waals surface area contributed by atoms with Gasteiger partial charge in [-0.2, -0.15) is 0 Å². The van der Waals surface area contributed by atoms with Crippen LogP contribution in [-0.4, -0.2) is 20.4 Å². The smallest absolute Gasteiger partial charge is 0.261 e. The fraction of sp³-hybridized carbons (Fsp3) is 0.235. The van der Waals surface area contributed by atoms with E-state index in [1.807, 2.05) is 13.8 Å². The molecule has 128 valence electrons. The quantitative estimate of drug-likeness (QED) is 0.819. The van der Waals surface area contributed by atoms with Crippen LogP contribution in [0.15, 0.2) is 53.4 Å². The number of sulfonamides is 1. The van der Waals surface area contributed by atoms with Crippen molar-refractivity contribution in [2.75, 3.05) is 4.72 Å². The Kier molecular flexibility index (Phi) is 5.85. The van der Waals surface area contributed by atoms with Gasteiger partial charge in [-0.3, -0.25) is 9.52 Å². The molecule has 0 heterocycles. The van der Waals surface area contributed by atoms with Gasteiger partial charge in [0.2, 0.25) is 0 Å². The van der Waals surface area contributed by atoms with E-state index in [1.165, 1.54) is 12.1 Å². The van der Waals surface area contributed by atoms with Crippen molar-refractivity contribution >= 4 is 33.2 Å². The number of anilines is 1. The molecule has 0 aliphatic rings. The Bertz CT molecular complexity index is 837. The van der Waals surface area contributed by atoms with Gasteiger partial charge in [0, 0.05) is 11.1 Å². The van der Waals surface area contributed by atoms with E-state index in [2.05, 4.69) is 10.0 Å². The van der Waals surface area contributed by atoms with Crippen LogP contribution >= 0.6 is 11.6 Å². The fourth-order valence-electron chi connectivity index (χ4n) is 2.01. The summed E-state index contributed by atoms with van der Waals surface area (Å²) in [7, 11) is -3.84. The first-order chi connectivity index (χ1) is 11.3. The minimum atomic E-state index is -3.84. The number of halogens is 1. The molecule has 2 rings (SSSR count). The van der Waals surface area contributed by atoms with Crippen LogP contribution < -0.4 is 10.0 Å². The largest absolute Gasteiger partial charge is 0.350 e. The maximum absolute atomic E-state index is 12.5. The first-order valence-corrected chi connectivity index (χ1v) is 9.38. The van der Waals surface area contributed by atoms with Crippen molar-refractivity contribution in [3.63, 3.8) is 0 Å². The summed E-state index contributed by atoms with van der Waals surface area (Å²) in [5, 5.41) is 3.15. The number of para-hydroxylation sites is 1. The maximum atomic E-state index is 12.5. The zero-order chi connectivity index (χ0) is 17.7. The van der Waals surface area contributed by atoms with Crippen LogP contribution in [0.4, 0.5) is 5.69 Å². The molecule has 1 amide bonds. The van der Waals surface area contributed by atoms with Gasteiger partial charge in [0.25, 0.3) is 15.9 Å². The predicted octanol–water partition coefficient (Wildman–Crippen LogP) is 3.67. The van der Waals surface area contributed by atoms with Crippen molar-refractivity contribution in [2.24, 2.45) is 0 Å². The lowest BCUT2D eigenvalue weighted by atomic mass is 10.1. The minimum Gasteiger partial charge on any atom is -0.350 e. The third-order valence-electron chi connectivity index (χ3n) is 3.51. The predicted molar refractivity (Wildman–Crippen MR) is 95.9 cm³/mol. The number of carbonyl (C=O) groups is 1. The van der Waals surface area contributed by atoms with Crippen molar-refractivity contribution in [2.45, 2.75) is 31.2 Å². The Morgan fingerprint density at radius 1 is 1.17 bits per heavy atom. The summed E-state index contributed by atoms with van der Waals surface area (Å²) in [4.78, 5) is 12.4. The van der Waals surface area contributed by atoms with Gasteiger partial charge in [-0.05, 0) is 43.7 Å². The number of nitrogens with one attached hydrogen (secondary N) is 2. The highest BCUT2D eigenvalue weighted by Crippen LogP contribution is 2.22. The fourth-order valence-corrected chi connectivity index (χ4v) is 3.39. The molecule has 7 heteroatoms. The highest BCUT2D eigenvalue weighted by molar-refractivity contribution is 7.92. The van der Waals surface area contributed by atoms with E-state index < -0.39 is 10.0 Å². The molecule has 0 spiro atoms. The summed E-state index contributed by atoms with van der Waals surface area (Å²) in [6.07, 6.45) is 0.780. The molecule has 1 atom stereocenters. The first kappa shape index (κ1) is 18.3. The molecule has 0 fully saturated rings. The van der Waals surface area contributed by atoms with E-state index >= 15 is 0 Å². The molecule has 0 bridgehead atoms. The molecule has 0 saturated carbocycles. The molecule has 2 aromatic rings. The third-order valence-corrected chi connectivity index (χ3v) is 5.11. The summed E-state index contributed by atoms with van der Waals surface area (Å²) in [5.41, 5.74) is 0.488. The van der Waals surface area contributed by atoms with Crippen LogP contribution in [-0.2, 0) is 10.0 Å². The van der Waals surface area contributed by atoms with Crippen LogP contribution in [0.25, 0.3) is 0 Å². The Balaban J connectivity index is 2.32. The van der Waals surface area contributed by atoms with E-state index in [9.17, 15) is 13.2 Å². The second-order valence-corrected chi connectivity index (χ2v) is 7.51. The van der Waals surface area contributed by atoms with Crippen molar-refractivity contribution in [3.8, 4) is 0 Å². The summed E-state index contributed by atoms with van der Waals surface area (Å²) < 4.78 is 27.5. The van der Waals surface area contributed by atoms with Crippen LogP contribution in [0, 0.1) is 0 Å². The van der Waals surface area contributed by atoms with Crippen LogP contribution in [0.3, 0.4) is 0 Å². The van der Waals surface area contributed by atoms with Gasteiger partial charge in [0.1, 0.15) is 0 Å². The minimum absolute atomic E-state index is 0.00454. The highest BCUT2D eigenvalue weighted by Gasteiger charge is 2.19. The number of benzene rings is 2. The average Bonchev–Trinajstić information content (AvgIpc) is 2.54. The van der Waals surface area contributed by atoms with E-state index in [0.29, 0.717) is 5.02 Å². The van der Waals surface area contributed by atoms with Gasteiger partial charge in [0.05, 0.1) is 16.1 Å². The average molecular weight is 367 g/mol.